The molecule has 3 rings (SSSR count). The van der Waals surface area contributed by atoms with E-state index >= 15 is 0 Å². The maximum Gasteiger partial charge on any atom is 0.266 e. The Bertz CT molecular complexity index is 782. The molecular weight excluding hydrogens is 340 g/mol. The van der Waals surface area contributed by atoms with Crippen LogP contribution in [0.2, 0.25) is 5.02 Å². The quantitative estimate of drug-likeness (QED) is 0.774. The Labute approximate surface area is 140 Å². The van der Waals surface area contributed by atoms with Gasteiger partial charge in [0, 0.05) is 12.1 Å². The fourth-order valence-corrected chi connectivity index (χ4v) is 3.49. The summed E-state index contributed by atoms with van der Waals surface area (Å²) in [5.41, 5.74) is 0.918. The van der Waals surface area contributed by atoms with Crippen molar-refractivity contribution in [1.29, 1.82) is 0 Å². The molecule has 1 aromatic carbocycles. The van der Waals surface area contributed by atoms with Crippen LogP contribution in [-0.2, 0) is 4.79 Å². The summed E-state index contributed by atoms with van der Waals surface area (Å²) in [7, 11) is 1.70. The average molecular weight is 351 g/mol. The molecule has 0 spiro atoms. The van der Waals surface area contributed by atoms with Crippen molar-refractivity contribution < 1.29 is 4.79 Å². The third-order valence-corrected chi connectivity index (χ3v) is 4.92. The van der Waals surface area contributed by atoms with Crippen LogP contribution in [0, 0.1) is 6.92 Å². The Balaban J connectivity index is 1.88. The van der Waals surface area contributed by atoms with E-state index in [2.05, 4.69) is 15.2 Å². The third-order valence-electron chi connectivity index (χ3n) is 2.88. The zero-order valence-corrected chi connectivity index (χ0v) is 14.2. The lowest BCUT2D eigenvalue weighted by atomic mass is 10.2. The Hall–Kier alpha value is -1.70. The molecule has 1 aliphatic rings. The zero-order valence-electron chi connectivity index (χ0n) is 11.8. The predicted molar refractivity (Wildman–Crippen MR) is 91.5 cm³/mol. The van der Waals surface area contributed by atoms with Crippen LogP contribution < -0.4 is 0 Å². The largest absolute Gasteiger partial charge is 0.289 e. The number of carbonyl (C=O) groups excluding carboxylic acids is 1. The van der Waals surface area contributed by atoms with E-state index in [1.807, 2.05) is 25.1 Å². The Morgan fingerprint density at radius 1 is 1.27 bits per heavy atom. The standard InChI is InChI=1S/C14H11ClN4OS2/c1-8-17-18-13(21-8)16-14-19(2)12(20)11(22-14)7-9-3-5-10(15)6-4-9/h3-7H,1-2H3/b11-7-,16-14+. The van der Waals surface area contributed by atoms with Gasteiger partial charge in [-0.2, -0.15) is 4.99 Å². The molecule has 1 amide bonds. The fraction of sp³-hybridized carbons (Fsp3) is 0.143. The first-order valence-corrected chi connectivity index (χ1v) is 8.36. The number of hydrogen-bond donors (Lipinski definition) is 0. The van der Waals surface area contributed by atoms with Crippen molar-refractivity contribution in [2.75, 3.05) is 7.05 Å². The van der Waals surface area contributed by atoms with Crippen LogP contribution >= 0.6 is 34.7 Å². The maximum absolute atomic E-state index is 12.3. The number of halogens is 1. The molecule has 22 heavy (non-hydrogen) atoms. The van der Waals surface area contributed by atoms with Crippen molar-refractivity contribution in [2.24, 2.45) is 4.99 Å². The Morgan fingerprint density at radius 2 is 2.00 bits per heavy atom. The number of aromatic nitrogens is 2. The average Bonchev–Trinajstić information content (AvgIpc) is 3.01. The first-order valence-electron chi connectivity index (χ1n) is 6.35. The second-order valence-corrected chi connectivity index (χ2v) is 7.13. The first kappa shape index (κ1) is 15.2. The minimum atomic E-state index is -0.0834. The van der Waals surface area contributed by atoms with Gasteiger partial charge in [-0.25, -0.2) is 0 Å². The second kappa shape index (κ2) is 6.20. The molecule has 5 nitrogen and oxygen atoms in total. The summed E-state index contributed by atoms with van der Waals surface area (Å²) in [4.78, 5) is 18.8. The Morgan fingerprint density at radius 3 is 2.64 bits per heavy atom. The number of carbonyl (C=O) groups is 1. The van der Waals surface area contributed by atoms with E-state index in [0.29, 0.717) is 20.2 Å². The van der Waals surface area contributed by atoms with Gasteiger partial charge in [-0.05, 0) is 42.5 Å². The normalized spacial score (nSPS) is 18.7. The highest BCUT2D eigenvalue weighted by Gasteiger charge is 2.30. The molecule has 0 N–H and O–H groups in total. The van der Waals surface area contributed by atoms with E-state index in [4.69, 9.17) is 11.6 Å². The first-order chi connectivity index (χ1) is 10.5. The molecule has 0 aliphatic carbocycles. The van der Waals surface area contributed by atoms with Crippen LogP contribution in [0.3, 0.4) is 0 Å². The summed E-state index contributed by atoms with van der Waals surface area (Å²) >= 11 is 8.58. The molecule has 1 fully saturated rings. The number of thioether (sulfide) groups is 1. The van der Waals surface area contributed by atoms with Crippen LogP contribution in [0.1, 0.15) is 10.6 Å². The van der Waals surface area contributed by atoms with E-state index in [-0.39, 0.29) is 5.91 Å². The SMILES string of the molecule is Cc1nnc(/N=C2/S/C(=C\c3ccc(Cl)cc3)C(=O)N2C)s1. The second-order valence-electron chi connectivity index (χ2n) is 4.52. The third kappa shape index (κ3) is 3.21. The molecule has 2 aromatic rings. The number of aliphatic imine (C=N–C) groups is 1. The monoisotopic (exact) mass is 350 g/mol. The summed E-state index contributed by atoms with van der Waals surface area (Å²) in [5.74, 6) is -0.0834. The molecule has 8 heteroatoms. The van der Waals surface area contributed by atoms with Gasteiger partial charge in [-0.1, -0.05) is 35.1 Å². The van der Waals surface area contributed by atoms with Gasteiger partial charge in [-0.3, -0.25) is 9.69 Å². The fourth-order valence-electron chi connectivity index (χ4n) is 1.78. The highest BCUT2D eigenvalue weighted by Crippen LogP contribution is 2.33. The maximum atomic E-state index is 12.3. The summed E-state index contributed by atoms with van der Waals surface area (Å²) < 4.78 is 0. The van der Waals surface area contributed by atoms with E-state index in [0.717, 1.165) is 10.6 Å². The highest BCUT2D eigenvalue weighted by atomic mass is 35.5. The van der Waals surface area contributed by atoms with Crippen molar-refractivity contribution in [3.8, 4) is 0 Å². The van der Waals surface area contributed by atoms with Crippen molar-refractivity contribution in [2.45, 2.75) is 6.92 Å². The van der Waals surface area contributed by atoms with Crippen molar-refractivity contribution in [3.63, 3.8) is 0 Å². The molecule has 0 radical (unpaired) electrons. The van der Waals surface area contributed by atoms with Gasteiger partial charge in [0.2, 0.25) is 5.13 Å². The number of rotatable bonds is 2. The zero-order chi connectivity index (χ0) is 15.7. The van der Waals surface area contributed by atoms with Gasteiger partial charge in [0.15, 0.2) is 5.17 Å². The molecular formula is C14H11ClN4OS2. The van der Waals surface area contributed by atoms with Crippen LogP contribution in [0.15, 0.2) is 34.2 Å². The van der Waals surface area contributed by atoms with Gasteiger partial charge < -0.3 is 0 Å². The number of benzene rings is 1. The lowest BCUT2D eigenvalue weighted by molar-refractivity contribution is -0.121. The molecule has 0 atom stereocenters. The van der Waals surface area contributed by atoms with E-state index in [1.165, 1.54) is 28.0 Å². The number of hydrogen-bond acceptors (Lipinski definition) is 6. The van der Waals surface area contributed by atoms with Crippen LogP contribution in [0.25, 0.3) is 6.08 Å². The number of amidine groups is 1. The van der Waals surface area contributed by atoms with Crippen molar-refractivity contribution in [1.82, 2.24) is 15.1 Å². The molecule has 0 saturated carbocycles. The smallest absolute Gasteiger partial charge is 0.266 e. The minimum Gasteiger partial charge on any atom is -0.289 e. The van der Waals surface area contributed by atoms with Gasteiger partial charge in [0.25, 0.3) is 5.91 Å². The topological polar surface area (TPSA) is 58.5 Å². The highest BCUT2D eigenvalue weighted by molar-refractivity contribution is 8.18. The summed E-state index contributed by atoms with van der Waals surface area (Å²) in [6.45, 7) is 1.86. The molecule has 112 valence electrons. The summed E-state index contributed by atoms with van der Waals surface area (Å²) in [6.07, 6.45) is 1.83. The van der Waals surface area contributed by atoms with Crippen LogP contribution in [-0.4, -0.2) is 33.2 Å². The molecule has 1 aromatic heterocycles. The molecule has 1 saturated heterocycles. The lowest BCUT2D eigenvalue weighted by Crippen LogP contribution is -2.23. The molecule has 0 bridgehead atoms. The molecule has 1 aliphatic heterocycles. The van der Waals surface area contributed by atoms with E-state index in [1.54, 1.807) is 19.2 Å². The van der Waals surface area contributed by atoms with E-state index in [9.17, 15) is 4.79 Å². The molecule has 0 unspecified atom stereocenters. The Kier molecular flexibility index (Phi) is 4.28. The van der Waals surface area contributed by atoms with Crippen LogP contribution in [0.5, 0.6) is 0 Å². The molecule has 2 heterocycles. The summed E-state index contributed by atoms with van der Waals surface area (Å²) in [5, 5.41) is 10.5. The van der Waals surface area contributed by atoms with Gasteiger partial charge in [0.1, 0.15) is 5.01 Å². The van der Waals surface area contributed by atoms with Crippen molar-refractivity contribution >= 4 is 57.0 Å². The van der Waals surface area contributed by atoms with Gasteiger partial charge in [-0.15, -0.1) is 10.2 Å². The van der Waals surface area contributed by atoms with Gasteiger partial charge in [0.05, 0.1) is 4.91 Å². The van der Waals surface area contributed by atoms with Crippen molar-refractivity contribution in [3.05, 3.63) is 44.8 Å². The number of likely N-dealkylation sites (N-methyl/N-ethyl adjacent to an activating group) is 1. The van der Waals surface area contributed by atoms with E-state index < -0.39 is 0 Å². The number of aryl methyl sites for hydroxylation is 1. The lowest BCUT2D eigenvalue weighted by Gasteiger charge is -2.05. The van der Waals surface area contributed by atoms with Crippen LogP contribution in [0.4, 0.5) is 5.13 Å². The number of amides is 1. The number of nitrogens with zero attached hydrogens (tertiary/aromatic N) is 4. The summed E-state index contributed by atoms with van der Waals surface area (Å²) in [6, 6.07) is 7.32. The minimum absolute atomic E-state index is 0.0834. The predicted octanol–water partition coefficient (Wildman–Crippen LogP) is 3.73. The van der Waals surface area contributed by atoms with Gasteiger partial charge >= 0.3 is 0 Å².